The zero-order valence-corrected chi connectivity index (χ0v) is 13.4. The van der Waals surface area contributed by atoms with Crippen LogP contribution in [0.3, 0.4) is 0 Å². The predicted octanol–water partition coefficient (Wildman–Crippen LogP) is 3.81. The summed E-state index contributed by atoms with van der Waals surface area (Å²) in [6.45, 7) is 7.73. The standard InChI is InChI=1S/C16H22FN3S/c1-3-9-18-10-16-19-14(12-21-16)11-20(4-2)15-7-5-13(17)6-8-15/h5-8,12,18H,3-4,9-11H2,1-2H3. The fourth-order valence-electron chi connectivity index (χ4n) is 2.11. The van der Waals surface area contributed by atoms with Crippen molar-refractivity contribution in [3.63, 3.8) is 0 Å². The molecule has 0 radical (unpaired) electrons. The normalized spacial score (nSPS) is 10.8. The molecule has 1 N–H and O–H groups in total. The monoisotopic (exact) mass is 307 g/mol. The lowest BCUT2D eigenvalue weighted by molar-refractivity contribution is 0.627. The Balaban J connectivity index is 1.97. The van der Waals surface area contributed by atoms with Gasteiger partial charge < -0.3 is 10.2 Å². The van der Waals surface area contributed by atoms with Gasteiger partial charge in [-0.15, -0.1) is 11.3 Å². The molecular weight excluding hydrogens is 285 g/mol. The molecule has 5 heteroatoms. The van der Waals surface area contributed by atoms with Gasteiger partial charge in [-0.25, -0.2) is 9.37 Å². The number of hydrogen-bond acceptors (Lipinski definition) is 4. The number of anilines is 1. The van der Waals surface area contributed by atoms with Crippen molar-refractivity contribution in [3.8, 4) is 0 Å². The molecule has 1 aromatic heterocycles. The molecule has 0 saturated heterocycles. The molecule has 0 aliphatic heterocycles. The number of hydrogen-bond donors (Lipinski definition) is 1. The number of nitrogens with one attached hydrogen (secondary N) is 1. The summed E-state index contributed by atoms with van der Waals surface area (Å²) in [4.78, 5) is 6.85. The van der Waals surface area contributed by atoms with E-state index in [1.54, 1.807) is 11.3 Å². The highest BCUT2D eigenvalue weighted by molar-refractivity contribution is 7.09. The highest BCUT2D eigenvalue weighted by Gasteiger charge is 2.08. The van der Waals surface area contributed by atoms with Crippen molar-refractivity contribution in [2.45, 2.75) is 33.4 Å². The summed E-state index contributed by atoms with van der Waals surface area (Å²) in [5.41, 5.74) is 2.09. The molecule has 0 amide bonds. The minimum atomic E-state index is -0.201. The van der Waals surface area contributed by atoms with Crippen LogP contribution in [0.2, 0.25) is 0 Å². The zero-order chi connectivity index (χ0) is 15.1. The third-order valence-electron chi connectivity index (χ3n) is 3.23. The maximum absolute atomic E-state index is 13.0. The van der Waals surface area contributed by atoms with Crippen LogP contribution in [-0.4, -0.2) is 18.1 Å². The number of nitrogens with zero attached hydrogens (tertiary/aromatic N) is 2. The molecule has 21 heavy (non-hydrogen) atoms. The summed E-state index contributed by atoms with van der Waals surface area (Å²) < 4.78 is 13.0. The molecule has 2 rings (SSSR count). The molecule has 0 bridgehead atoms. The molecule has 3 nitrogen and oxygen atoms in total. The average molecular weight is 307 g/mol. The highest BCUT2D eigenvalue weighted by Crippen LogP contribution is 2.19. The Bertz CT molecular complexity index is 539. The first kappa shape index (κ1) is 15.9. The van der Waals surface area contributed by atoms with E-state index in [1.807, 2.05) is 12.1 Å². The Morgan fingerprint density at radius 2 is 2.00 bits per heavy atom. The van der Waals surface area contributed by atoms with Crippen molar-refractivity contribution >= 4 is 17.0 Å². The Labute approximate surface area is 129 Å². The van der Waals surface area contributed by atoms with Crippen LogP contribution >= 0.6 is 11.3 Å². The Kier molecular flexibility index (Phi) is 6.14. The average Bonchev–Trinajstić information content (AvgIpc) is 2.94. The van der Waals surface area contributed by atoms with Gasteiger partial charge in [0, 0.05) is 24.2 Å². The second-order valence-corrected chi connectivity index (χ2v) is 5.84. The fraction of sp³-hybridized carbons (Fsp3) is 0.438. The van der Waals surface area contributed by atoms with E-state index in [0.717, 1.165) is 49.0 Å². The predicted molar refractivity (Wildman–Crippen MR) is 87.2 cm³/mol. The Hall–Kier alpha value is -1.46. The van der Waals surface area contributed by atoms with E-state index < -0.39 is 0 Å². The van der Waals surface area contributed by atoms with Gasteiger partial charge >= 0.3 is 0 Å². The van der Waals surface area contributed by atoms with Crippen LogP contribution in [0.15, 0.2) is 29.6 Å². The van der Waals surface area contributed by atoms with Gasteiger partial charge in [-0.05, 0) is 44.2 Å². The van der Waals surface area contributed by atoms with Crippen molar-refractivity contribution in [2.75, 3.05) is 18.0 Å². The molecular formula is C16H22FN3S. The fourth-order valence-corrected chi connectivity index (χ4v) is 2.86. The summed E-state index contributed by atoms with van der Waals surface area (Å²) in [7, 11) is 0. The number of benzene rings is 1. The number of halogens is 1. The zero-order valence-electron chi connectivity index (χ0n) is 12.6. The molecule has 0 unspecified atom stereocenters. The molecule has 0 spiro atoms. The lowest BCUT2D eigenvalue weighted by atomic mass is 10.2. The lowest BCUT2D eigenvalue weighted by Gasteiger charge is -2.22. The molecule has 0 fully saturated rings. The van der Waals surface area contributed by atoms with Crippen LogP contribution in [0.5, 0.6) is 0 Å². The van der Waals surface area contributed by atoms with Crippen molar-refractivity contribution < 1.29 is 4.39 Å². The van der Waals surface area contributed by atoms with Crippen LogP contribution in [-0.2, 0) is 13.1 Å². The van der Waals surface area contributed by atoms with Crippen molar-refractivity contribution in [2.24, 2.45) is 0 Å². The van der Waals surface area contributed by atoms with Gasteiger partial charge in [-0.3, -0.25) is 0 Å². The van der Waals surface area contributed by atoms with Gasteiger partial charge in [0.15, 0.2) is 0 Å². The third-order valence-corrected chi connectivity index (χ3v) is 4.13. The van der Waals surface area contributed by atoms with Crippen LogP contribution in [0, 0.1) is 5.82 Å². The first-order chi connectivity index (χ1) is 10.2. The smallest absolute Gasteiger partial charge is 0.123 e. The van der Waals surface area contributed by atoms with E-state index in [0.29, 0.717) is 0 Å². The van der Waals surface area contributed by atoms with E-state index in [1.165, 1.54) is 12.1 Å². The molecule has 0 saturated carbocycles. The maximum atomic E-state index is 13.0. The second kappa shape index (κ2) is 8.10. The van der Waals surface area contributed by atoms with Crippen molar-refractivity contribution in [1.82, 2.24) is 10.3 Å². The quantitative estimate of drug-likeness (QED) is 0.752. The largest absolute Gasteiger partial charge is 0.366 e. The molecule has 0 aliphatic rings. The first-order valence-electron chi connectivity index (χ1n) is 7.37. The van der Waals surface area contributed by atoms with Crippen LogP contribution in [0.4, 0.5) is 10.1 Å². The van der Waals surface area contributed by atoms with Crippen molar-refractivity contribution in [1.29, 1.82) is 0 Å². The summed E-state index contributed by atoms with van der Waals surface area (Å²) in [6, 6.07) is 6.63. The van der Waals surface area contributed by atoms with Gasteiger partial charge in [0.1, 0.15) is 10.8 Å². The highest BCUT2D eigenvalue weighted by atomic mass is 32.1. The minimum absolute atomic E-state index is 0.201. The summed E-state index contributed by atoms with van der Waals surface area (Å²) in [6.07, 6.45) is 1.13. The number of rotatable bonds is 8. The molecule has 0 atom stereocenters. The van der Waals surface area contributed by atoms with E-state index in [4.69, 9.17) is 0 Å². The van der Waals surface area contributed by atoms with Crippen LogP contribution in [0.25, 0.3) is 0 Å². The van der Waals surface area contributed by atoms with Gasteiger partial charge in [0.2, 0.25) is 0 Å². The van der Waals surface area contributed by atoms with E-state index in [-0.39, 0.29) is 5.82 Å². The van der Waals surface area contributed by atoms with Gasteiger partial charge in [-0.2, -0.15) is 0 Å². The molecule has 0 aliphatic carbocycles. The summed E-state index contributed by atoms with van der Waals surface area (Å²) in [5, 5.41) is 6.59. The lowest BCUT2D eigenvalue weighted by Crippen LogP contribution is -2.22. The van der Waals surface area contributed by atoms with E-state index in [2.05, 4.69) is 34.4 Å². The van der Waals surface area contributed by atoms with Crippen LogP contribution in [0.1, 0.15) is 31.0 Å². The number of aromatic nitrogens is 1. The Morgan fingerprint density at radius 3 is 2.67 bits per heavy atom. The third kappa shape index (κ3) is 4.79. The molecule has 2 aromatic rings. The second-order valence-electron chi connectivity index (χ2n) is 4.90. The minimum Gasteiger partial charge on any atom is -0.366 e. The molecule has 1 heterocycles. The molecule has 1 aromatic carbocycles. The number of thiazole rings is 1. The van der Waals surface area contributed by atoms with Gasteiger partial charge in [-0.1, -0.05) is 6.92 Å². The maximum Gasteiger partial charge on any atom is 0.123 e. The SMILES string of the molecule is CCCNCc1nc(CN(CC)c2ccc(F)cc2)cs1. The van der Waals surface area contributed by atoms with Crippen molar-refractivity contribution in [3.05, 3.63) is 46.2 Å². The molecule has 114 valence electrons. The van der Waals surface area contributed by atoms with E-state index >= 15 is 0 Å². The summed E-state index contributed by atoms with van der Waals surface area (Å²) in [5.74, 6) is -0.201. The first-order valence-corrected chi connectivity index (χ1v) is 8.25. The Morgan fingerprint density at radius 1 is 1.24 bits per heavy atom. The topological polar surface area (TPSA) is 28.2 Å². The van der Waals surface area contributed by atoms with Gasteiger partial charge in [0.25, 0.3) is 0 Å². The van der Waals surface area contributed by atoms with E-state index in [9.17, 15) is 4.39 Å². The van der Waals surface area contributed by atoms with Gasteiger partial charge in [0.05, 0.1) is 12.2 Å². The summed E-state index contributed by atoms with van der Waals surface area (Å²) >= 11 is 1.69. The van der Waals surface area contributed by atoms with Crippen LogP contribution < -0.4 is 10.2 Å².